The van der Waals surface area contributed by atoms with Crippen LogP contribution in [0.4, 0.5) is 0 Å². The highest BCUT2D eigenvalue weighted by atomic mass is 16.5. The molecule has 0 aromatic heterocycles. The van der Waals surface area contributed by atoms with E-state index in [1.807, 2.05) is 26.0 Å². The van der Waals surface area contributed by atoms with Gasteiger partial charge in [0.25, 0.3) is 0 Å². The average molecular weight is 178 g/mol. The zero-order chi connectivity index (χ0) is 9.84. The summed E-state index contributed by atoms with van der Waals surface area (Å²) in [6, 6.07) is 5.92. The molecule has 3 nitrogen and oxygen atoms in total. The number of rotatable bonds is 3. The molecule has 0 heterocycles. The molecule has 1 aromatic carbocycles. The van der Waals surface area contributed by atoms with Crippen molar-refractivity contribution in [1.82, 2.24) is 0 Å². The molecule has 0 aliphatic carbocycles. The van der Waals surface area contributed by atoms with Gasteiger partial charge < -0.3 is 10.5 Å². The first-order valence-electron chi connectivity index (χ1n) is 4.12. The van der Waals surface area contributed by atoms with E-state index in [2.05, 4.69) is 6.07 Å². The molecular weight excluding hydrogens is 164 g/mol. The molecule has 0 radical (unpaired) electrons. The molecule has 0 unspecified atom stereocenters. The van der Waals surface area contributed by atoms with Crippen molar-refractivity contribution in [1.29, 1.82) is 5.41 Å². The second-order valence-electron chi connectivity index (χ2n) is 3.14. The Labute approximate surface area is 78.0 Å². The Hall–Kier alpha value is -1.51. The van der Waals surface area contributed by atoms with E-state index in [4.69, 9.17) is 15.9 Å². The second-order valence-corrected chi connectivity index (χ2v) is 3.14. The molecule has 1 aromatic rings. The fraction of sp³-hybridized carbons (Fsp3) is 0.300. The molecule has 0 amide bonds. The summed E-state index contributed by atoms with van der Waals surface area (Å²) < 4.78 is 5.28. The summed E-state index contributed by atoms with van der Waals surface area (Å²) >= 11 is 0. The number of ether oxygens (including phenoxy) is 1. The van der Waals surface area contributed by atoms with E-state index in [9.17, 15) is 0 Å². The van der Waals surface area contributed by atoms with Gasteiger partial charge in [-0.25, -0.2) is 0 Å². The van der Waals surface area contributed by atoms with Crippen LogP contribution in [0.5, 0.6) is 5.75 Å². The minimum Gasteiger partial charge on any atom is -0.486 e. The normalized spacial score (nSPS) is 9.69. The third-order valence-corrected chi connectivity index (χ3v) is 1.59. The Morgan fingerprint density at radius 1 is 1.31 bits per heavy atom. The van der Waals surface area contributed by atoms with E-state index in [-0.39, 0.29) is 12.4 Å². The summed E-state index contributed by atoms with van der Waals surface area (Å²) in [4.78, 5) is 0. The summed E-state index contributed by atoms with van der Waals surface area (Å²) in [6.07, 6.45) is 0. The number of hydrogen-bond donors (Lipinski definition) is 2. The molecule has 0 spiro atoms. The van der Waals surface area contributed by atoms with Gasteiger partial charge >= 0.3 is 0 Å². The number of amidine groups is 1. The van der Waals surface area contributed by atoms with Gasteiger partial charge in [-0.15, -0.1) is 0 Å². The summed E-state index contributed by atoms with van der Waals surface area (Å²) in [6.45, 7) is 4.17. The van der Waals surface area contributed by atoms with Crippen LogP contribution in [0.25, 0.3) is 0 Å². The van der Waals surface area contributed by atoms with Crippen LogP contribution in [-0.4, -0.2) is 12.4 Å². The summed E-state index contributed by atoms with van der Waals surface area (Å²) in [5, 5.41) is 7.00. The van der Waals surface area contributed by atoms with Crippen molar-refractivity contribution in [3.8, 4) is 5.75 Å². The van der Waals surface area contributed by atoms with Gasteiger partial charge in [0.05, 0.1) is 0 Å². The molecule has 70 valence electrons. The molecule has 0 saturated heterocycles. The molecular formula is C10H14N2O. The van der Waals surface area contributed by atoms with Gasteiger partial charge in [0.15, 0.2) is 0 Å². The minimum atomic E-state index is 0.0409. The van der Waals surface area contributed by atoms with Crippen molar-refractivity contribution in [3.63, 3.8) is 0 Å². The maximum absolute atomic E-state index is 7.00. The Balaban J connectivity index is 2.71. The predicted octanol–water partition coefficient (Wildman–Crippen LogP) is 1.62. The average Bonchev–Trinajstić information content (AvgIpc) is 1.99. The van der Waals surface area contributed by atoms with Crippen LogP contribution in [0.1, 0.15) is 11.1 Å². The first kappa shape index (κ1) is 9.58. The van der Waals surface area contributed by atoms with E-state index in [1.165, 1.54) is 0 Å². The van der Waals surface area contributed by atoms with Gasteiger partial charge in [-0.2, -0.15) is 0 Å². The lowest BCUT2D eigenvalue weighted by atomic mass is 10.1. The van der Waals surface area contributed by atoms with Gasteiger partial charge in [-0.1, -0.05) is 6.07 Å². The third kappa shape index (κ3) is 3.15. The number of nitrogens with two attached hydrogens (primary N) is 1. The van der Waals surface area contributed by atoms with Crippen LogP contribution in [0.2, 0.25) is 0 Å². The van der Waals surface area contributed by atoms with Crippen LogP contribution >= 0.6 is 0 Å². The van der Waals surface area contributed by atoms with Gasteiger partial charge in [0.1, 0.15) is 18.2 Å². The van der Waals surface area contributed by atoms with Crippen molar-refractivity contribution in [2.75, 3.05) is 6.61 Å². The van der Waals surface area contributed by atoms with Gasteiger partial charge in [-0.3, -0.25) is 5.41 Å². The predicted molar refractivity (Wildman–Crippen MR) is 53.3 cm³/mol. The highest BCUT2D eigenvalue weighted by Crippen LogP contribution is 2.15. The van der Waals surface area contributed by atoms with E-state index in [1.54, 1.807) is 0 Å². The zero-order valence-electron chi connectivity index (χ0n) is 7.92. The van der Waals surface area contributed by atoms with Crippen LogP contribution in [0.15, 0.2) is 18.2 Å². The lowest BCUT2D eigenvalue weighted by molar-refractivity contribution is 0.374. The summed E-state index contributed by atoms with van der Waals surface area (Å²) in [5.74, 6) is 0.812. The lowest BCUT2D eigenvalue weighted by Gasteiger charge is -2.06. The highest BCUT2D eigenvalue weighted by Gasteiger charge is 1.97. The van der Waals surface area contributed by atoms with Crippen molar-refractivity contribution >= 4 is 5.84 Å². The van der Waals surface area contributed by atoms with E-state index in [0.29, 0.717) is 0 Å². The lowest BCUT2D eigenvalue weighted by Crippen LogP contribution is -2.19. The van der Waals surface area contributed by atoms with Crippen molar-refractivity contribution in [2.24, 2.45) is 5.73 Å². The first-order valence-corrected chi connectivity index (χ1v) is 4.12. The SMILES string of the molecule is Cc1cc(C)cc(OCC(=N)N)c1. The van der Waals surface area contributed by atoms with Gasteiger partial charge in [0.2, 0.25) is 0 Å². The fourth-order valence-electron chi connectivity index (χ4n) is 1.18. The fourth-order valence-corrected chi connectivity index (χ4v) is 1.18. The van der Waals surface area contributed by atoms with Crippen LogP contribution in [-0.2, 0) is 0 Å². The zero-order valence-corrected chi connectivity index (χ0v) is 7.92. The molecule has 0 saturated carbocycles. The van der Waals surface area contributed by atoms with Crippen LogP contribution < -0.4 is 10.5 Å². The van der Waals surface area contributed by atoms with Gasteiger partial charge in [-0.05, 0) is 37.1 Å². The Kier molecular flexibility index (Phi) is 2.90. The molecule has 0 fully saturated rings. The Morgan fingerprint density at radius 3 is 2.31 bits per heavy atom. The largest absolute Gasteiger partial charge is 0.486 e. The molecule has 0 bridgehead atoms. The summed E-state index contributed by atoms with van der Waals surface area (Å²) in [7, 11) is 0. The van der Waals surface area contributed by atoms with E-state index >= 15 is 0 Å². The number of hydrogen-bond acceptors (Lipinski definition) is 2. The van der Waals surface area contributed by atoms with Crippen molar-refractivity contribution < 1.29 is 4.74 Å². The maximum atomic E-state index is 7.00. The quantitative estimate of drug-likeness (QED) is 0.545. The molecule has 0 atom stereocenters. The Bertz CT molecular complexity index is 300. The first-order chi connectivity index (χ1) is 6.08. The molecule has 3 N–H and O–H groups in total. The molecule has 0 aliphatic heterocycles. The number of benzene rings is 1. The van der Waals surface area contributed by atoms with Crippen LogP contribution in [0, 0.1) is 19.3 Å². The molecule has 13 heavy (non-hydrogen) atoms. The second kappa shape index (κ2) is 3.94. The maximum Gasteiger partial charge on any atom is 0.145 e. The van der Waals surface area contributed by atoms with E-state index < -0.39 is 0 Å². The van der Waals surface area contributed by atoms with E-state index in [0.717, 1.165) is 16.9 Å². The molecule has 1 rings (SSSR count). The number of nitrogens with one attached hydrogen (secondary N) is 1. The monoisotopic (exact) mass is 178 g/mol. The molecule has 0 aliphatic rings. The topological polar surface area (TPSA) is 59.1 Å². The number of aryl methyl sites for hydroxylation is 2. The summed E-state index contributed by atoms with van der Waals surface area (Å²) in [5.41, 5.74) is 7.48. The van der Waals surface area contributed by atoms with Crippen molar-refractivity contribution in [3.05, 3.63) is 29.3 Å². The standard InChI is InChI=1S/C10H14N2O/c1-7-3-8(2)5-9(4-7)13-6-10(11)12/h3-5H,6H2,1-2H3,(H3,11,12). The van der Waals surface area contributed by atoms with Crippen LogP contribution in [0.3, 0.4) is 0 Å². The third-order valence-electron chi connectivity index (χ3n) is 1.59. The highest BCUT2D eigenvalue weighted by molar-refractivity contribution is 5.78. The van der Waals surface area contributed by atoms with Crippen molar-refractivity contribution in [2.45, 2.75) is 13.8 Å². The smallest absolute Gasteiger partial charge is 0.145 e. The van der Waals surface area contributed by atoms with Gasteiger partial charge in [0, 0.05) is 0 Å². The Morgan fingerprint density at radius 2 is 1.85 bits per heavy atom. The minimum absolute atomic E-state index is 0.0409. The molecule has 3 heteroatoms.